The molecule has 186 valence electrons. The first kappa shape index (κ1) is 24.9. The first-order valence-corrected chi connectivity index (χ1v) is 11.4. The predicted molar refractivity (Wildman–Crippen MR) is 117 cm³/mol. The highest BCUT2D eigenvalue weighted by Gasteiger charge is 2.65. The Morgan fingerprint density at radius 2 is 1.85 bits per heavy atom. The van der Waals surface area contributed by atoms with Gasteiger partial charge in [0.25, 0.3) is 0 Å². The van der Waals surface area contributed by atoms with Crippen molar-refractivity contribution in [1.29, 1.82) is 0 Å². The van der Waals surface area contributed by atoms with E-state index in [0.717, 1.165) is 5.69 Å². The lowest BCUT2D eigenvalue weighted by atomic mass is 9.76. The van der Waals surface area contributed by atoms with Crippen LogP contribution in [0.1, 0.15) is 19.0 Å². The minimum atomic E-state index is -2.19. The van der Waals surface area contributed by atoms with Crippen molar-refractivity contribution >= 4 is 0 Å². The van der Waals surface area contributed by atoms with Gasteiger partial charge in [-0.2, -0.15) is 0 Å². The van der Waals surface area contributed by atoms with Crippen molar-refractivity contribution in [2.75, 3.05) is 27.2 Å². The summed E-state index contributed by atoms with van der Waals surface area (Å²) in [6.45, 7) is 2.11. The third-order valence-corrected chi connectivity index (χ3v) is 7.18. The highest BCUT2D eigenvalue weighted by atomic mass is 16.8. The van der Waals surface area contributed by atoms with Crippen LogP contribution in [0.15, 0.2) is 24.4 Å². The summed E-state index contributed by atoms with van der Waals surface area (Å²) in [5.41, 5.74) is -0.945. The predicted octanol–water partition coefficient (Wildman–Crippen LogP) is -2.33. The van der Waals surface area contributed by atoms with Crippen molar-refractivity contribution in [3.05, 3.63) is 30.1 Å². The standard InChI is InChI=1S/C22H36N4O7/c1-12-8-21(29,11-25-9-13-6-4-5-7-26-13)22(30)20(32-12)33-19-14(10-31-22)15(23-2)17(27)16(24-3)18(19)28/h4-7,12,14-20,23-25,27-30H,8-11H2,1-3H3/t12-,14?,15-,16-,17-,18+,19?,20+,21-,22-/m1/s1. The summed E-state index contributed by atoms with van der Waals surface area (Å²) >= 11 is 0. The monoisotopic (exact) mass is 468 g/mol. The van der Waals surface area contributed by atoms with Crippen LogP contribution in [-0.4, -0.2) is 107 Å². The fourth-order valence-electron chi connectivity index (χ4n) is 5.43. The molecule has 2 aliphatic heterocycles. The van der Waals surface area contributed by atoms with Crippen molar-refractivity contribution < 1.29 is 34.6 Å². The smallest absolute Gasteiger partial charge is 0.249 e. The zero-order chi connectivity index (χ0) is 23.8. The molecule has 11 heteroatoms. The van der Waals surface area contributed by atoms with E-state index in [4.69, 9.17) is 14.2 Å². The number of nitrogens with one attached hydrogen (secondary N) is 3. The second kappa shape index (κ2) is 9.78. The largest absolute Gasteiger partial charge is 0.390 e. The quantitative estimate of drug-likeness (QED) is 0.240. The number of hydrogen-bond donors (Lipinski definition) is 7. The van der Waals surface area contributed by atoms with Crippen LogP contribution in [0.4, 0.5) is 0 Å². The van der Waals surface area contributed by atoms with Gasteiger partial charge in [-0.05, 0) is 33.2 Å². The molecule has 1 aliphatic carbocycles. The lowest BCUT2D eigenvalue weighted by Gasteiger charge is -2.51. The molecule has 10 atom stereocenters. The summed E-state index contributed by atoms with van der Waals surface area (Å²) in [6, 6.07) is 4.42. The summed E-state index contributed by atoms with van der Waals surface area (Å²) in [4.78, 5) is 4.26. The van der Waals surface area contributed by atoms with Crippen molar-refractivity contribution in [3.8, 4) is 0 Å². The molecule has 3 aliphatic rings. The van der Waals surface area contributed by atoms with Gasteiger partial charge in [0.1, 0.15) is 5.60 Å². The first-order chi connectivity index (χ1) is 15.7. The minimum absolute atomic E-state index is 0.00272. The maximum Gasteiger partial charge on any atom is 0.249 e. The van der Waals surface area contributed by atoms with Crippen LogP contribution in [0, 0.1) is 5.92 Å². The number of fused-ring (bicyclic) bond motifs is 2. The number of aliphatic hydroxyl groups excluding tert-OH is 2. The van der Waals surface area contributed by atoms with Crippen molar-refractivity contribution in [2.24, 2.45) is 5.92 Å². The van der Waals surface area contributed by atoms with Crippen molar-refractivity contribution in [3.63, 3.8) is 0 Å². The Kier molecular flexibility index (Phi) is 7.37. The molecule has 0 radical (unpaired) electrons. The van der Waals surface area contributed by atoms with Crippen LogP contribution in [0.2, 0.25) is 0 Å². The number of rotatable bonds is 6. The average molecular weight is 469 g/mol. The second-order valence-corrected chi connectivity index (χ2v) is 9.32. The number of hydrogen-bond acceptors (Lipinski definition) is 11. The second-order valence-electron chi connectivity index (χ2n) is 9.32. The van der Waals surface area contributed by atoms with Crippen LogP contribution >= 0.6 is 0 Å². The van der Waals surface area contributed by atoms with Crippen LogP contribution in [-0.2, 0) is 20.8 Å². The number of aromatic nitrogens is 1. The van der Waals surface area contributed by atoms with Gasteiger partial charge in [-0.25, -0.2) is 0 Å². The summed E-state index contributed by atoms with van der Waals surface area (Å²) in [7, 11) is 3.36. The van der Waals surface area contributed by atoms with Crippen LogP contribution in [0.25, 0.3) is 0 Å². The molecule has 0 amide bonds. The van der Waals surface area contributed by atoms with E-state index in [1.165, 1.54) is 0 Å². The maximum absolute atomic E-state index is 11.6. The molecule has 0 aromatic carbocycles. The average Bonchev–Trinajstić information content (AvgIpc) is 2.93. The first-order valence-electron chi connectivity index (χ1n) is 11.4. The fourth-order valence-corrected chi connectivity index (χ4v) is 5.43. The van der Waals surface area contributed by atoms with Gasteiger partial charge in [0.2, 0.25) is 12.1 Å². The Hall–Kier alpha value is -1.25. The third kappa shape index (κ3) is 4.43. The van der Waals surface area contributed by atoms with Crippen LogP contribution < -0.4 is 16.0 Å². The normalized spacial score (nSPS) is 45.7. The van der Waals surface area contributed by atoms with Gasteiger partial charge in [0.15, 0.2) is 0 Å². The zero-order valence-electron chi connectivity index (χ0n) is 19.2. The van der Waals surface area contributed by atoms with Gasteiger partial charge in [-0.1, -0.05) is 6.07 Å². The number of pyridine rings is 1. The van der Waals surface area contributed by atoms with Gasteiger partial charge in [-0.3, -0.25) is 4.98 Å². The van der Waals surface area contributed by atoms with Crippen molar-refractivity contribution in [1.82, 2.24) is 20.9 Å². The zero-order valence-corrected chi connectivity index (χ0v) is 19.2. The molecule has 0 bridgehead atoms. The van der Waals surface area contributed by atoms with E-state index in [0.29, 0.717) is 6.54 Å². The van der Waals surface area contributed by atoms with E-state index < -0.39 is 60.1 Å². The Bertz CT molecular complexity index is 791. The molecule has 2 unspecified atom stereocenters. The molecule has 33 heavy (non-hydrogen) atoms. The molecule has 3 fully saturated rings. The van der Waals surface area contributed by atoms with Crippen LogP contribution in [0.3, 0.4) is 0 Å². The van der Waals surface area contributed by atoms with E-state index in [2.05, 4.69) is 20.9 Å². The van der Waals surface area contributed by atoms with E-state index in [1.807, 2.05) is 18.2 Å². The van der Waals surface area contributed by atoms with Gasteiger partial charge in [0, 0.05) is 37.7 Å². The van der Waals surface area contributed by atoms with Crippen molar-refractivity contribution in [2.45, 2.75) is 74.1 Å². The fraction of sp³-hybridized carbons (Fsp3) is 0.773. The molecule has 1 aromatic heterocycles. The molecule has 11 nitrogen and oxygen atoms in total. The molecule has 4 rings (SSSR count). The highest BCUT2D eigenvalue weighted by Crippen LogP contribution is 2.44. The van der Waals surface area contributed by atoms with Gasteiger partial charge in [-0.15, -0.1) is 0 Å². The molecule has 1 saturated carbocycles. The molecule has 3 heterocycles. The topological polar surface area (TPSA) is 158 Å². The maximum atomic E-state index is 11.6. The Morgan fingerprint density at radius 3 is 2.52 bits per heavy atom. The number of aliphatic hydroxyl groups is 4. The molecule has 7 N–H and O–H groups in total. The minimum Gasteiger partial charge on any atom is -0.390 e. The summed E-state index contributed by atoms with van der Waals surface area (Å²) in [6.07, 6.45) is -2.79. The van der Waals surface area contributed by atoms with E-state index in [-0.39, 0.29) is 19.6 Å². The van der Waals surface area contributed by atoms with E-state index in [1.54, 1.807) is 27.2 Å². The Morgan fingerprint density at radius 1 is 1.09 bits per heavy atom. The number of nitrogens with zero attached hydrogens (tertiary/aromatic N) is 1. The molecule has 0 spiro atoms. The molecular weight excluding hydrogens is 432 g/mol. The molecule has 2 saturated heterocycles. The summed E-state index contributed by atoms with van der Waals surface area (Å²) in [5.74, 6) is -2.68. The SMILES string of the molecule is CN[C@@H]1[C@H](O)[C@H](NC)C2CO[C@]3(O)[C@H](OC2[C@H]1O)O[C@H](C)C[C@@]3(O)CNCc1ccccn1. The lowest BCUT2D eigenvalue weighted by molar-refractivity contribution is -0.419. The van der Waals surface area contributed by atoms with Gasteiger partial charge in [0.05, 0.1) is 42.8 Å². The van der Waals surface area contributed by atoms with Gasteiger partial charge >= 0.3 is 0 Å². The third-order valence-electron chi connectivity index (χ3n) is 7.18. The van der Waals surface area contributed by atoms with Gasteiger partial charge < -0.3 is 50.6 Å². The number of ether oxygens (including phenoxy) is 3. The van der Waals surface area contributed by atoms with E-state index in [9.17, 15) is 20.4 Å². The lowest BCUT2D eigenvalue weighted by Crippen LogP contribution is -2.71. The highest BCUT2D eigenvalue weighted by molar-refractivity contribution is 5.10. The molecular formula is C22H36N4O7. The molecule has 1 aromatic rings. The van der Waals surface area contributed by atoms with E-state index >= 15 is 0 Å². The van der Waals surface area contributed by atoms with Crippen LogP contribution in [0.5, 0.6) is 0 Å². The summed E-state index contributed by atoms with van der Waals surface area (Å²) in [5, 5.41) is 54.1. The number of likely N-dealkylation sites (N-methyl/N-ethyl adjacent to an activating group) is 2. The summed E-state index contributed by atoms with van der Waals surface area (Å²) < 4.78 is 18.0. The Labute approximate surface area is 193 Å². The Balaban J connectivity index is 1.57.